The Morgan fingerprint density at radius 3 is 2.40 bits per heavy atom. The third kappa shape index (κ3) is 1.74. The van der Waals surface area contributed by atoms with Gasteiger partial charge in [-0.05, 0) is 17.2 Å². The average molecular weight is 217 g/mol. The maximum atomic E-state index is 2.43. The normalized spacial score (nSPS) is 19.0. The van der Waals surface area contributed by atoms with E-state index in [9.17, 15) is 0 Å². The Morgan fingerprint density at radius 2 is 1.80 bits per heavy atom. The van der Waals surface area contributed by atoms with Crippen molar-refractivity contribution in [1.29, 1.82) is 0 Å². The summed E-state index contributed by atoms with van der Waals surface area (Å²) in [6.45, 7) is 4.87. The van der Waals surface area contributed by atoms with Crippen molar-refractivity contribution in [2.24, 2.45) is 0 Å². The van der Waals surface area contributed by atoms with Crippen molar-refractivity contribution < 1.29 is 0 Å². The van der Waals surface area contributed by atoms with Crippen LogP contribution in [0.2, 0.25) is 13.1 Å². The standard InChI is InChI=1S/C13H19NSi/c1-14(2)12-9-10-7-5-6-8-11(10)13(12)15(3)4/h5-9,13,15H,1-4H3. The van der Waals surface area contributed by atoms with Gasteiger partial charge in [0.1, 0.15) is 0 Å². The highest BCUT2D eigenvalue weighted by Gasteiger charge is 2.28. The van der Waals surface area contributed by atoms with Crippen molar-refractivity contribution in [3.8, 4) is 0 Å². The highest BCUT2D eigenvalue weighted by molar-refractivity contribution is 6.58. The first-order chi connectivity index (χ1) is 7.11. The summed E-state index contributed by atoms with van der Waals surface area (Å²) in [7, 11) is 3.62. The molecule has 0 heterocycles. The number of nitrogens with zero attached hydrogens (tertiary/aromatic N) is 1. The Bertz CT molecular complexity index is 393. The number of likely N-dealkylation sites (N-methyl/N-ethyl adjacent to an activating group) is 1. The van der Waals surface area contributed by atoms with E-state index < -0.39 is 8.80 Å². The van der Waals surface area contributed by atoms with Crippen molar-refractivity contribution in [3.05, 3.63) is 41.1 Å². The summed E-state index contributed by atoms with van der Waals surface area (Å²) >= 11 is 0. The van der Waals surface area contributed by atoms with Crippen LogP contribution >= 0.6 is 0 Å². The number of benzene rings is 1. The van der Waals surface area contributed by atoms with Gasteiger partial charge in [0.15, 0.2) is 0 Å². The molecule has 2 heteroatoms. The van der Waals surface area contributed by atoms with Gasteiger partial charge in [0.2, 0.25) is 0 Å². The number of allylic oxidation sites excluding steroid dienone is 1. The fourth-order valence-corrected chi connectivity index (χ4v) is 4.54. The molecule has 0 N–H and O–H groups in total. The first-order valence-corrected chi connectivity index (χ1v) is 8.56. The smallest absolute Gasteiger partial charge is 0.0463 e. The maximum absolute atomic E-state index is 2.43. The Labute approximate surface area is 94.0 Å². The molecule has 0 amide bonds. The minimum absolute atomic E-state index is 0.684. The lowest BCUT2D eigenvalue weighted by molar-refractivity contribution is 0.500. The van der Waals surface area contributed by atoms with Crippen LogP contribution in [0.4, 0.5) is 0 Å². The van der Waals surface area contributed by atoms with Gasteiger partial charge in [-0.15, -0.1) is 0 Å². The van der Waals surface area contributed by atoms with Crippen molar-refractivity contribution >= 4 is 14.9 Å². The molecule has 0 spiro atoms. The van der Waals surface area contributed by atoms with Crippen LogP contribution < -0.4 is 0 Å². The molecule has 2 rings (SSSR count). The Kier molecular flexibility index (Phi) is 2.70. The zero-order valence-electron chi connectivity index (χ0n) is 9.99. The van der Waals surface area contributed by atoms with E-state index in [1.807, 2.05) is 0 Å². The number of hydrogen-bond acceptors (Lipinski definition) is 1. The van der Waals surface area contributed by atoms with Gasteiger partial charge in [0.05, 0.1) is 0 Å². The SMILES string of the molecule is CN(C)C1=Cc2ccccc2C1[SiH](C)C. The van der Waals surface area contributed by atoms with Crippen molar-refractivity contribution in [3.63, 3.8) is 0 Å². The predicted octanol–water partition coefficient (Wildman–Crippen LogP) is 2.71. The predicted molar refractivity (Wildman–Crippen MR) is 69.7 cm³/mol. The summed E-state index contributed by atoms with van der Waals surface area (Å²) in [5, 5.41) is 0. The van der Waals surface area contributed by atoms with Gasteiger partial charge in [-0.1, -0.05) is 37.4 Å². The molecule has 0 aliphatic heterocycles. The third-order valence-corrected chi connectivity index (χ3v) is 5.17. The molecular weight excluding hydrogens is 198 g/mol. The quantitative estimate of drug-likeness (QED) is 0.689. The molecule has 1 unspecified atom stereocenters. The van der Waals surface area contributed by atoms with Crippen LogP contribution in [-0.4, -0.2) is 27.8 Å². The topological polar surface area (TPSA) is 3.24 Å². The van der Waals surface area contributed by atoms with Gasteiger partial charge in [0.25, 0.3) is 0 Å². The van der Waals surface area contributed by atoms with Gasteiger partial charge >= 0.3 is 0 Å². The summed E-state index contributed by atoms with van der Waals surface area (Å²) in [6, 6.07) is 8.82. The van der Waals surface area contributed by atoms with E-state index in [2.05, 4.69) is 62.4 Å². The number of rotatable bonds is 2. The molecule has 15 heavy (non-hydrogen) atoms. The second kappa shape index (κ2) is 3.85. The zero-order valence-corrected chi connectivity index (χ0v) is 11.1. The van der Waals surface area contributed by atoms with E-state index in [1.54, 1.807) is 5.56 Å². The van der Waals surface area contributed by atoms with Crippen LogP contribution in [0.5, 0.6) is 0 Å². The van der Waals surface area contributed by atoms with E-state index in [-0.39, 0.29) is 0 Å². The first kappa shape index (κ1) is 10.5. The molecule has 0 fully saturated rings. The molecule has 0 radical (unpaired) electrons. The minimum atomic E-state index is -0.684. The van der Waals surface area contributed by atoms with Crippen LogP contribution in [0.25, 0.3) is 6.08 Å². The molecule has 0 bridgehead atoms. The molecule has 0 saturated heterocycles. The van der Waals surface area contributed by atoms with Crippen molar-refractivity contribution in [2.45, 2.75) is 18.6 Å². The largest absolute Gasteiger partial charge is 0.381 e. The highest BCUT2D eigenvalue weighted by atomic mass is 28.3. The van der Waals surface area contributed by atoms with Crippen LogP contribution in [0.3, 0.4) is 0 Å². The van der Waals surface area contributed by atoms with Crippen LogP contribution in [0, 0.1) is 0 Å². The van der Waals surface area contributed by atoms with E-state index in [0.29, 0.717) is 5.54 Å². The zero-order chi connectivity index (χ0) is 11.0. The van der Waals surface area contributed by atoms with Crippen LogP contribution in [0.1, 0.15) is 16.7 Å². The summed E-state index contributed by atoms with van der Waals surface area (Å²) in [4.78, 5) is 2.28. The number of fused-ring (bicyclic) bond motifs is 1. The van der Waals surface area contributed by atoms with Crippen LogP contribution in [0.15, 0.2) is 30.0 Å². The minimum Gasteiger partial charge on any atom is -0.381 e. The van der Waals surface area contributed by atoms with Crippen molar-refractivity contribution in [2.75, 3.05) is 14.1 Å². The fraction of sp³-hybridized carbons (Fsp3) is 0.385. The second-order valence-electron chi connectivity index (χ2n) is 4.81. The fourth-order valence-electron chi connectivity index (χ4n) is 2.44. The molecule has 0 aromatic heterocycles. The molecule has 80 valence electrons. The van der Waals surface area contributed by atoms with Crippen molar-refractivity contribution in [1.82, 2.24) is 4.90 Å². The van der Waals surface area contributed by atoms with E-state index in [1.165, 1.54) is 11.3 Å². The van der Waals surface area contributed by atoms with Gasteiger partial charge < -0.3 is 4.90 Å². The summed E-state index contributed by atoms with van der Waals surface area (Å²) in [6.07, 6.45) is 2.35. The molecule has 1 aromatic rings. The van der Waals surface area contributed by atoms with Gasteiger partial charge in [-0.2, -0.15) is 0 Å². The second-order valence-corrected chi connectivity index (χ2v) is 7.97. The Balaban J connectivity index is 2.47. The maximum Gasteiger partial charge on any atom is 0.0463 e. The molecule has 1 nitrogen and oxygen atoms in total. The average Bonchev–Trinajstić information content (AvgIpc) is 2.56. The monoisotopic (exact) mass is 217 g/mol. The van der Waals surface area contributed by atoms with Gasteiger partial charge in [-0.3, -0.25) is 0 Å². The van der Waals surface area contributed by atoms with E-state index >= 15 is 0 Å². The highest BCUT2D eigenvalue weighted by Crippen LogP contribution is 2.38. The number of hydrogen-bond donors (Lipinski definition) is 0. The summed E-state index contributed by atoms with van der Waals surface area (Å²) < 4.78 is 0. The first-order valence-electron chi connectivity index (χ1n) is 5.59. The lowest BCUT2D eigenvalue weighted by atomic mass is 10.1. The molecule has 1 aliphatic carbocycles. The molecule has 0 saturated carbocycles. The molecule has 1 aromatic carbocycles. The van der Waals surface area contributed by atoms with Gasteiger partial charge in [-0.25, -0.2) is 0 Å². The third-order valence-electron chi connectivity index (χ3n) is 3.14. The summed E-state index contributed by atoms with van der Waals surface area (Å²) in [5.41, 5.74) is 5.17. The lowest BCUT2D eigenvalue weighted by Gasteiger charge is -2.25. The Morgan fingerprint density at radius 1 is 1.13 bits per heavy atom. The lowest BCUT2D eigenvalue weighted by Crippen LogP contribution is -2.24. The Hall–Kier alpha value is -1.02. The molecule has 1 atom stereocenters. The van der Waals surface area contributed by atoms with Crippen LogP contribution in [-0.2, 0) is 0 Å². The van der Waals surface area contributed by atoms with Gasteiger partial charge in [0, 0.05) is 34.1 Å². The molecule has 1 aliphatic rings. The van der Waals surface area contributed by atoms with E-state index in [0.717, 1.165) is 0 Å². The molecular formula is C13H19NSi. The van der Waals surface area contributed by atoms with E-state index in [4.69, 9.17) is 0 Å². The summed E-state index contributed by atoms with van der Waals surface area (Å²) in [5.74, 6) is 0.